The van der Waals surface area contributed by atoms with Gasteiger partial charge in [-0.3, -0.25) is 0 Å². The number of aliphatic hydroxyl groups excluding tert-OH is 1. The monoisotopic (exact) mass is 346 g/mol. The molecule has 1 unspecified atom stereocenters. The molecule has 2 aromatic carbocycles. The van der Waals surface area contributed by atoms with Crippen LogP contribution in [0.25, 0.3) is 0 Å². The minimum absolute atomic E-state index is 0.0193. The van der Waals surface area contributed by atoms with Crippen LogP contribution in [0.5, 0.6) is 0 Å². The molecule has 132 valence electrons. The Hall–Kier alpha value is -3.02. The molecule has 5 heteroatoms. The number of hydrogen-bond donors (Lipinski definition) is 2. The van der Waals surface area contributed by atoms with E-state index in [1.807, 2.05) is 43.3 Å². The van der Waals surface area contributed by atoms with E-state index < -0.39 is 0 Å². The van der Waals surface area contributed by atoms with Gasteiger partial charge >= 0.3 is 0 Å². The number of nitrogens with zero attached hydrogens (tertiary/aromatic N) is 3. The van der Waals surface area contributed by atoms with Gasteiger partial charge in [0.2, 0.25) is 0 Å². The SMILES string of the molecule is CC(Nc1ccc(N2CCC(O)CC2)c(C#N)c1)c1cccc(C#N)c1. The minimum Gasteiger partial charge on any atom is -0.393 e. The second kappa shape index (κ2) is 7.91. The van der Waals surface area contributed by atoms with Gasteiger partial charge in [0.05, 0.1) is 29.0 Å². The number of anilines is 2. The summed E-state index contributed by atoms with van der Waals surface area (Å²) in [4.78, 5) is 2.16. The van der Waals surface area contributed by atoms with Crippen LogP contribution in [-0.2, 0) is 0 Å². The first-order chi connectivity index (χ1) is 12.6. The van der Waals surface area contributed by atoms with E-state index in [0.29, 0.717) is 11.1 Å². The third-order valence-electron chi connectivity index (χ3n) is 4.82. The molecule has 5 nitrogen and oxygen atoms in total. The molecule has 0 saturated carbocycles. The minimum atomic E-state index is -0.234. The summed E-state index contributed by atoms with van der Waals surface area (Å²) in [6.45, 7) is 3.56. The van der Waals surface area contributed by atoms with Gasteiger partial charge in [-0.2, -0.15) is 10.5 Å². The van der Waals surface area contributed by atoms with E-state index in [2.05, 4.69) is 22.4 Å². The van der Waals surface area contributed by atoms with E-state index >= 15 is 0 Å². The second-order valence-corrected chi connectivity index (χ2v) is 6.67. The molecule has 1 aliphatic rings. The largest absolute Gasteiger partial charge is 0.393 e. The maximum Gasteiger partial charge on any atom is 0.101 e. The number of nitrogens with one attached hydrogen (secondary N) is 1. The highest BCUT2D eigenvalue weighted by Gasteiger charge is 2.19. The van der Waals surface area contributed by atoms with Crippen molar-refractivity contribution in [2.75, 3.05) is 23.3 Å². The molecule has 1 fully saturated rings. The smallest absolute Gasteiger partial charge is 0.101 e. The Bertz CT molecular complexity index is 857. The van der Waals surface area contributed by atoms with Crippen LogP contribution in [0.4, 0.5) is 11.4 Å². The van der Waals surface area contributed by atoms with Crippen LogP contribution in [0.1, 0.15) is 42.5 Å². The van der Waals surface area contributed by atoms with Crippen LogP contribution in [0.2, 0.25) is 0 Å². The van der Waals surface area contributed by atoms with Crippen molar-refractivity contribution in [3.8, 4) is 12.1 Å². The van der Waals surface area contributed by atoms with Crippen molar-refractivity contribution >= 4 is 11.4 Å². The van der Waals surface area contributed by atoms with E-state index in [4.69, 9.17) is 5.26 Å². The molecule has 0 spiro atoms. The molecule has 0 radical (unpaired) electrons. The number of nitriles is 2. The van der Waals surface area contributed by atoms with Crippen LogP contribution in [0, 0.1) is 22.7 Å². The molecule has 0 aliphatic carbocycles. The molecule has 26 heavy (non-hydrogen) atoms. The lowest BCUT2D eigenvalue weighted by atomic mass is 10.0. The van der Waals surface area contributed by atoms with Gasteiger partial charge in [-0.05, 0) is 55.7 Å². The lowest BCUT2D eigenvalue weighted by molar-refractivity contribution is 0.145. The maximum atomic E-state index is 9.67. The molecular formula is C21H22N4O. The van der Waals surface area contributed by atoms with Gasteiger partial charge in [0.1, 0.15) is 6.07 Å². The standard InChI is InChI=1S/C21H22N4O/c1-15(17-4-2-3-16(11-17)13-22)24-19-5-6-21(18(12-19)14-23)25-9-7-20(26)8-10-25/h2-6,11-12,15,20,24,26H,7-10H2,1H3. The molecule has 3 rings (SSSR count). The summed E-state index contributed by atoms with van der Waals surface area (Å²) in [7, 11) is 0. The number of hydrogen-bond acceptors (Lipinski definition) is 5. The van der Waals surface area contributed by atoms with Gasteiger partial charge < -0.3 is 15.3 Å². The molecule has 1 atom stereocenters. The number of aliphatic hydroxyl groups is 1. The number of benzene rings is 2. The van der Waals surface area contributed by atoms with Crippen LogP contribution >= 0.6 is 0 Å². The molecule has 2 aromatic rings. The fraction of sp³-hybridized carbons (Fsp3) is 0.333. The zero-order chi connectivity index (χ0) is 18.5. The van der Waals surface area contributed by atoms with E-state index in [9.17, 15) is 10.4 Å². The summed E-state index contributed by atoms with van der Waals surface area (Å²) in [5.41, 5.74) is 4.08. The summed E-state index contributed by atoms with van der Waals surface area (Å²) < 4.78 is 0. The molecular weight excluding hydrogens is 324 g/mol. The van der Waals surface area contributed by atoms with Gasteiger partial charge in [-0.1, -0.05) is 12.1 Å². The van der Waals surface area contributed by atoms with Crippen LogP contribution < -0.4 is 10.2 Å². The second-order valence-electron chi connectivity index (χ2n) is 6.67. The quantitative estimate of drug-likeness (QED) is 0.884. The molecule has 0 amide bonds. The number of piperidine rings is 1. The van der Waals surface area contributed by atoms with Crippen molar-refractivity contribution in [2.45, 2.75) is 31.9 Å². The zero-order valence-electron chi connectivity index (χ0n) is 14.8. The van der Waals surface area contributed by atoms with Crippen molar-refractivity contribution in [3.05, 3.63) is 59.2 Å². The van der Waals surface area contributed by atoms with Crippen molar-refractivity contribution in [1.29, 1.82) is 10.5 Å². The van der Waals surface area contributed by atoms with Gasteiger partial charge in [0.15, 0.2) is 0 Å². The highest BCUT2D eigenvalue weighted by molar-refractivity contribution is 5.66. The molecule has 0 aromatic heterocycles. The highest BCUT2D eigenvalue weighted by Crippen LogP contribution is 2.28. The van der Waals surface area contributed by atoms with E-state index in [0.717, 1.165) is 42.9 Å². The Labute approximate surface area is 154 Å². The lowest BCUT2D eigenvalue weighted by Crippen LogP contribution is -2.36. The normalized spacial score (nSPS) is 15.8. The third-order valence-corrected chi connectivity index (χ3v) is 4.82. The molecule has 1 heterocycles. The summed E-state index contributed by atoms with van der Waals surface area (Å²) in [5, 5.41) is 31.7. The van der Waals surface area contributed by atoms with Gasteiger partial charge in [0.25, 0.3) is 0 Å². The summed E-state index contributed by atoms with van der Waals surface area (Å²) >= 11 is 0. The fourth-order valence-corrected chi connectivity index (χ4v) is 3.31. The molecule has 1 aliphatic heterocycles. The van der Waals surface area contributed by atoms with Gasteiger partial charge in [0, 0.05) is 24.8 Å². The highest BCUT2D eigenvalue weighted by atomic mass is 16.3. The molecule has 0 bridgehead atoms. The molecule has 1 saturated heterocycles. The van der Waals surface area contributed by atoms with E-state index in [-0.39, 0.29) is 12.1 Å². The van der Waals surface area contributed by atoms with Crippen molar-refractivity contribution < 1.29 is 5.11 Å². The van der Waals surface area contributed by atoms with Gasteiger partial charge in [-0.15, -0.1) is 0 Å². The van der Waals surface area contributed by atoms with Crippen LogP contribution in [-0.4, -0.2) is 24.3 Å². The third kappa shape index (κ3) is 3.96. The van der Waals surface area contributed by atoms with E-state index in [1.54, 1.807) is 6.07 Å². The summed E-state index contributed by atoms with van der Waals surface area (Å²) in [6.07, 6.45) is 1.23. The topological polar surface area (TPSA) is 83.1 Å². The Balaban J connectivity index is 1.77. The van der Waals surface area contributed by atoms with Crippen LogP contribution in [0.15, 0.2) is 42.5 Å². The average molecular weight is 346 g/mol. The first kappa shape index (κ1) is 17.8. The van der Waals surface area contributed by atoms with Crippen molar-refractivity contribution in [3.63, 3.8) is 0 Å². The summed E-state index contributed by atoms with van der Waals surface area (Å²) in [6, 6.07) is 17.8. The van der Waals surface area contributed by atoms with E-state index in [1.165, 1.54) is 0 Å². The Morgan fingerprint density at radius 2 is 1.88 bits per heavy atom. The Morgan fingerprint density at radius 1 is 1.12 bits per heavy atom. The zero-order valence-corrected chi connectivity index (χ0v) is 14.8. The first-order valence-electron chi connectivity index (χ1n) is 8.84. The first-order valence-corrected chi connectivity index (χ1v) is 8.84. The molecule has 2 N–H and O–H groups in total. The maximum absolute atomic E-state index is 9.67. The summed E-state index contributed by atoms with van der Waals surface area (Å²) in [5.74, 6) is 0. The predicted octanol–water partition coefficient (Wildman–Crippen LogP) is 3.56. The predicted molar refractivity (Wildman–Crippen MR) is 102 cm³/mol. The Morgan fingerprint density at radius 3 is 2.58 bits per heavy atom. The average Bonchev–Trinajstić information content (AvgIpc) is 2.68. The van der Waals surface area contributed by atoms with Crippen molar-refractivity contribution in [1.82, 2.24) is 0 Å². The Kier molecular flexibility index (Phi) is 5.41. The van der Waals surface area contributed by atoms with Crippen molar-refractivity contribution in [2.24, 2.45) is 0 Å². The van der Waals surface area contributed by atoms with Crippen LogP contribution in [0.3, 0.4) is 0 Å². The van der Waals surface area contributed by atoms with Gasteiger partial charge in [-0.25, -0.2) is 0 Å². The fourth-order valence-electron chi connectivity index (χ4n) is 3.31. The lowest BCUT2D eigenvalue weighted by Gasteiger charge is -2.32. The number of rotatable bonds is 4.